The van der Waals surface area contributed by atoms with Crippen LogP contribution in [0.1, 0.15) is 68.9 Å². The second-order valence-electron chi connectivity index (χ2n) is 15.5. The molecule has 0 bridgehead atoms. The summed E-state index contributed by atoms with van der Waals surface area (Å²) in [5, 5.41) is 9.19. The molecule has 0 radical (unpaired) electrons. The van der Waals surface area contributed by atoms with Crippen molar-refractivity contribution >= 4 is 29.7 Å². The fraction of sp³-hybridized carbons (Fsp3) is 0.250. The third-order valence-electron chi connectivity index (χ3n) is 11.3. The van der Waals surface area contributed by atoms with E-state index >= 15 is 0 Å². The predicted molar refractivity (Wildman–Crippen MR) is 249 cm³/mol. The number of amides is 3. The highest BCUT2D eigenvalue weighted by Crippen LogP contribution is 2.44. The fourth-order valence-electron chi connectivity index (χ4n) is 7.91. The van der Waals surface area contributed by atoms with Gasteiger partial charge in [-0.2, -0.15) is 11.8 Å². The third kappa shape index (κ3) is 10.8. The number of methoxy groups -OCH3 is 2. The van der Waals surface area contributed by atoms with Gasteiger partial charge in [0.05, 0.1) is 26.3 Å². The zero-order valence-corrected chi connectivity index (χ0v) is 37.0. The minimum Gasteiger partial charge on any atom is -0.497 e. The van der Waals surface area contributed by atoms with Crippen molar-refractivity contribution in [1.82, 2.24) is 16.0 Å². The first-order valence-corrected chi connectivity index (χ1v) is 22.3. The van der Waals surface area contributed by atoms with Crippen LogP contribution in [0.4, 0.5) is 4.79 Å². The van der Waals surface area contributed by atoms with Gasteiger partial charge in [0.15, 0.2) is 6.61 Å². The number of alkyl carbamates (subject to hydrolysis) is 1. The van der Waals surface area contributed by atoms with Crippen molar-refractivity contribution in [2.24, 2.45) is 0 Å². The molecule has 0 aromatic heterocycles. The number of carbonyl (C=O) groups excluding carboxylic acids is 3. The number of carbonyl (C=O) groups is 3. The zero-order valence-electron chi connectivity index (χ0n) is 36.2. The van der Waals surface area contributed by atoms with Gasteiger partial charge in [0.2, 0.25) is 5.91 Å². The first-order chi connectivity index (χ1) is 30.6. The monoisotopic (exact) mass is 863 g/mol. The number of hydrogen-bond acceptors (Lipinski definition) is 8. The molecule has 3 amide bonds. The lowest BCUT2D eigenvalue weighted by atomic mass is 9.96. The van der Waals surface area contributed by atoms with Gasteiger partial charge in [-0.3, -0.25) is 9.59 Å². The molecule has 0 heterocycles. The van der Waals surface area contributed by atoms with E-state index in [4.69, 9.17) is 18.9 Å². The molecule has 3 N–H and O–H groups in total. The van der Waals surface area contributed by atoms with E-state index in [1.165, 1.54) is 0 Å². The van der Waals surface area contributed by atoms with Crippen LogP contribution in [0.2, 0.25) is 0 Å². The van der Waals surface area contributed by atoms with E-state index < -0.39 is 24.1 Å². The summed E-state index contributed by atoms with van der Waals surface area (Å²) in [5.74, 6) is 1.38. The molecule has 6 aromatic rings. The standard InChI is InChI=1S/C52H53N3O7S/c1-33-14-18-35(19-15-33)49(36-20-16-34(2)17-21-36)54-48(56)32-61-38-24-22-37(23-25-38)50(44-27-26-39(59-3)30-47(44)60-4)55-51(57)46(28-29-63-5)53-52(58)62-31-45-42-12-8-6-10-40(42)41-11-7-9-13-43(41)45/h6-27,30,45-46,49-50H,28-29,31-32H2,1-5H3,(H,53,58)(H,54,56)(H,55,57)/t46-,50?/m0/s1. The SMILES string of the molecule is COc1ccc(C(NC(=O)[C@H](CCSC)NC(=O)OCC2c3ccccc3-c3ccccc32)c2ccc(OCC(=O)NC(c3ccc(C)cc3)c3ccc(C)cc3)cc2)c(OC)c1. The number of benzene rings is 6. The highest BCUT2D eigenvalue weighted by atomic mass is 32.2. The number of ether oxygens (including phenoxy) is 4. The quantitative estimate of drug-likeness (QED) is 0.0781. The lowest BCUT2D eigenvalue weighted by Crippen LogP contribution is -2.48. The maximum atomic E-state index is 14.3. The number of rotatable bonds is 18. The number of fused-ring (bicyclic) bond motifs is 3. The Kier molecular flexibility index (Phi) is 14.7. The van der Waals surface area contributed by atoms with Gasteiger partial charge in [-0.05, 0) is 95.5 Å². The molecule has 0 saturated carbocycles. The van der Waals surface area contributed by atoms with Crippen molar-refractivity contribution in [3.8, 4) is 28.4 Å². The Morgan fingerprint density at radius 1 is 0.635 bits per heavy atom. The number of hydrogen-bond donors (Lipinski definition) is 3. The average Bonchev–Trinajstić information content (AvgIpc) is 3.63. The molecule has 1 unspecified atom stereocenters. The Labute approximate surface area is 373 Å². The molecule has 0 spiro atoms. The first-order valence-electron chi connectivity index (χ1n) is 20.9. The Morgan fingerprint density at radius 2 is 1.19 bits per heavy atom. The molecule has 324 valence electrons. The van der Waals surface area contributed by atoms with Gasteiger partial charge in [-0.25, -0.2) is 4.79 Å². The number of aryl methyl sites for hydroxylation is 2. The highest BCUT2D eigenvalue weighted by molar-refractivity contribution is 7.98. The molecule has 7 rings (SSSR count). The summed E-state index contributed by atoms with van der Waals surface area (Å²) in [7, 11) is 3.13. The van der Waals surface area contributed by atoms with Crippen LogP contribution in [0.25, 0.3) is 11.1 Å². The van der Waals surface area contributed by atoms with Crippen LogP contribution in [-0.4, -0.2) is 63.4 Å². The molecule has 63 heavy (non-hydrogen) atoms. The Bertz CT molecular complexity index is 2420. The van der Waals surface area contributed by atoms with Crippen LogP contribution in [0.5, 0.6) is 17.2 Å². The molecule has 10 nitrogen and oxygen atoms in total. The molecular weight excluding hydrogens is 811 g/mol. The largest absolute Gasteiger partial charge is 0.497 e. The Balaban J connectivity index is 1.05. The van der Waals surface area contributed by atoms with Crippen molar-refractivity contribution < 1.29 is 33.3 Å². The highest BCUT2D eigenvalue weighted by Gasteiger charge is 2.31. The lowest BCUT2D eigenvalue weighted by Gasteiger charge is -2.26. The first kappa shape index (κ1) is 44.3. The molecule has 0 saturated heterocycles. The van der Waals surface area contributed by atoms with Gasteiger partial charge in [-0.1, -0.05) is 120 Å². The molecule has 11 heteroatoms. The summed E-state index contributed by atoms with van der Waals surface area (Å²) in [5.41, 5.74) is 10.0. The average molecular weight is 864 g/mol. The maximum Gasteiger partial charge on any atom is 0.407 e. The van der Waals surface area contributed by atoms with E-state index in [0.717, 1.165) is 44.5 Å². The topological polar surface area (TPSA) is 124 Å². The lowest BCUT2D eigenvalue weighted by molar-refractivity contribution is -0.124. The molecule has 0 fully saturated rings. The minimum absolute atomic E-state index is 0.121. The number of thioether (sulfide) groups is 1. The van der Waals surface area contributed by atoms with Gasteiger partial charge in [0, 0.05) is 17.5 Å². The van der Waals surface area contributed by atoms with E-state index in [0.29, 0.717) is 40.5 Å². The van der Waals surface area contributed by atoms with Crippen LogP contribution < -0.4 is 30.2 Å². The van der Waals surface area contributed by atoms with E-state index in [1.54, 1.807) is 50.2 Å². The van der Waals surface area contributed by atoms with Gasteiger partial charge < -0.3 is 34.9 Å². The molecule has 2 atom stereocenters. The Hall–Kier alpha value is -6.72. The van der Waals surface area contributed by atoms with Crippen LogP contribution in [0, 0.1) is 13.8 Å². The summed E-state index contributed by atoms with van der Waals surface area (Å²) < 4.78 is 23.1. The molecule has 1 aliphatic carbocycles. The summed E-state index contributed by atoms with van der Waals surface area (Å²) in [4.78, 5) is 41.2. The Morgan fingerprint density at radius 3 is 1.76 bits per heavy atom. The van der Waals surface area contributed by atoms with Crippen molar-refractivity contribution in [2.45, 2.75) is 44.3 Å². The normalized spacial score (nSPS) is 12.7. The van der Waals surface area contributed by atoms with Crippen molar-refractivity contribution in [2.75, 3.05) is 39.4 Å². The van der Waals surface area contributed by atoms with E-state index in [-0.39, 0.29) is 31.1 Å². The van der Waals surface area contributed by atoms with Gasteiger partial charge in [0.25, 0.3) is 5.91 Å². The van der Waals surface area contributed by atoms with Crippen LogP contribution in [-0.2, 0) is 14.3 Å². The summed E-state index contributed by atoms with van der Waals surface area (Å²) in [6.45, 7) is 3.97. The smallest absolute Gasteiger partial charge is 0.407 e. The number of nitrogens with one attached hydrogen (secondary N) is 3. The fourth-order valence-corrected chi connectivity index (χ4v) is 8.38. The van der Waals surface area contributed by atoms with E-state index in [9.17, 15) is 14.4 Å². The minimum atomic E-state index is -0.899. The van der Waals surface area contributed by atoms with Crippen molar-refractivity contribution in [1.29, 1.82) is 0 Å². The molecular formula is C52H53N3O7S. The van der Waals surface area contributed by atoms with Gasteiger partial charge in [-0.15, -0.1) is 0 Å². The van der Waals surface area contributed by atoms with Crippen molar-refractivity contribution in [3.63, 3.8) is 0 Å². The van der Waals surface area contributed by atoms with Crippen LogP contribution in [0.15, 0.2) is 140 Å². The van der Waals surface area contributed by atoms with Crippen molar-refractivity contribution in [3.05, 3.63) is 184 Å². The molecule has 6 aromatic carbocycles. The summed E-state index contributed by atoms with van der Waals surface area (Å²) in [6.07, 6.45) is 1.64. The summed E-state index contributed by atoms with van der Waals surface area (Å²) in [6, 6.07) is 43.1. The van der Waals surface area contributed by atoms with E-state index in [1.807, 2.05) is 111 Å². The van der Waals surface area contributed by atoms with Gasteiger partial charge in [0.1, 0.15) is 29.9 Å². The predicted octanol–water partition coefficient (Wildman–Crippen LogP) is 9.47. The van der Waals surface area contributed by atoms with Crippen LogP contribution >= 0.6 is 11.8 Å². The zero-order chi connectivity index (χ0) is 44.3. The van der Waals surface area contributed by atoms with E-state index in [2.05, 4.69) is 40.2 Å². The van der Waals surface area contributed by atoms with Gasteiger partial charge >= 0.3 is 6.09 Å². The van der Waals surface area contributed by atoms with Crippen LogP contribution in [0.3, 0.4) is 0 Å². The maximum absolute atomic E-state index is 14.3. The second-order valence-corrected chi connectivity index (χ2v) is 16.5. The molecule has 0 aliphatic heterocycles. The molecule has 1 aliphatic rings. The summed E-state index contributed by atoms with van der Waals surface area (Å²) >= 11 is 1.58. The second kappa shape index (κ2) is 20.9. The third-order valence-corrected chi connectivity index (χ3v) is 12.0.